The smallest absolute Gasteiger partial charge is 0.306 e. The first-order valence-electron chi connectivity index (χ1n) is 11.6. The van der Waals surface area contributed by atoms with Gasteiger partial charge in [0.05, 0.1) is 13.5 Å². The predicted molar refractivity (Wildman–Crippen MR) is 131 cm³/mol. The van der Waals surface area contributed by atoms with Gasteiger partial charge in [-0.25, -0.2) is 0 Å². The summed E-state index contributed by atoms with van der Waals surface area (Å²) in [7, 11) is 1.43. The van der Waals surface area contributed by atoms with E-state index in [0.717, 1.165) is 11.3 Å². The first-order chi connectivity index (χ1) is 15.0. The fraction of sp³-hybridized carbons (Fsp3) is 0.483. The van der Waals surface area contributed by atoms with Crippen molar-refractivity contribution in [3.8, 4) is 5.75 Å². The van der Waals surface area contributed by atoms with Gasteiger partial charge in [0.2, 0.25) is 0 Å². The van der Waals surface area contributed by atoms with Crippen molar-refractivity contribution >= 4 is 5.97 Å². The molecule has 172 valence electrons. The minimum absolute atomic E-state index is 0.00716. The standard InChI is InChI=1S/C29H38O3/c1-20(2)16-23(18-27(30)31-7)22-9-11-24(12-10-22)32-19-21-8-13-25-26(17-21)29(5,6)15-14-28(25,3)4/h8-13,16-17,23H,14-15,18-19H2,1-7H3/t23-/m1/s1. The topological polar surface area (TPSA) is 35.5 Å². The molecule has 0 heterocycles. The molecule has 3 rings (SSSR count). The molecule has 0 amide bonds. The lowest BCUT2D eigenvalue weighted by atomic mass is 9.63. The monoisotopic (exact) mass is 434 g/mol. The fourth-order valence-corrected chi connectivity index (χ4v) is 4.64. The molecule has 1 aliphatic rings. The molecule has 0 saturated carbocycles. The van der Waals surface area contributed by atoms with Crippen LogP contribution in [0.2, 0.25) is 0 Å². The molecule has 1 aliphatic carbocycles. The Labute approximate surface area is 193 Å². The van der Waals surface area contributed by atoms with E-state index in [1.54, 1.807) is 0 Å². The number of esters is 1. The normalized spacial score (nSPS) is 17.1. The second-order valence-corrected chi connectivity index (χ2v) is 10.6. The highest BCUT2D eigenvalue weighted by molar-refractivity contribution is 5.70. The molecule has 0 N–H and O–H groups in total. The predicted octanol–water partition coefficient (Wildman–Crippen LogP) is 7.23. The molecule has 2 aromatic rings. The maximum absolute atomic E-state index is 11.8. The van der Waals surface area contributed by atoms with Crippen LogP contribution in [0, 0.1) is 0 Å². The van der Waals surface area contributed by atoms with E-state index in [4.69, 9.17) is 9.47 Å². The van der Waals surface area contributed by atoms with E-state index in [9.17, 15) is 4.79 Å². The summed E-state index contributed by atoms with van der Waals surface area (Å²) in [5.74, 6) is 0.638. The fourth-order valence-electron chi connectivity index (χ4n) is 4.64. The Bertz CT molecular complexity index is 976. The highest BCUT2D eigenvalue weighted by Crippen LogP contribution is 2.46. The summed E-state index contributed by atoms with van der Waals surface area (Å²) in [6.45, 7) is 14.0. The Hall–Kier alpha value is -2.55. The summed E-state index contributed by atoms with van der Waals surface area (Å²) in [4.78, 5) is 11.8. The van der Waals surface area contributed by atoms with Crippen molar-refractivity contribution in [3.05, 3.63) is 76.4 Å². The lowest BCUT2D eigenvalue weighted by Gasteiger charge is -2.42. The van der Waals surface area contributed by atoms with E-state index in [-0.39, 0.29) is 22.7 Å². The van der Waals surface area contributed by atoms with Gasteiger partial charge < -0.3 is 9.47 Å². The minimum Gasteiger partial charge on any atom is -0.489 e. The molecular weight excluding hydrogens is 396 g/mol. The second-order valence-electron chi connectivity index (χ2n) is 10.6. The average molecular weight is 435 g/mol. The summed E-state index contributed by atoms with van der Waals surface area (Å²) < 4.78 is 11.0. The van der Waals surface area contributed by atoms with Gasteiger partial charge in [-0.3, -0.25) is 4.79 Å². The van der Waals surface area contributed by atoms with Gasteiger partial charge in [-0.1, -0.05) is 69.7 Å². The molecule has 32 heavy (non-hydrogen) atoms. The van der Waals surface area contributed by atoms with Gasteiger partial charge in [-0.05, 0) is 71.9 Å². The molecule has 0 saturated heterocycles. The third kappa shape index (κ3) is 5.62. The van der Waals surface area contributed by atoms with Gasteiger partial charge in [0.25, 0.3) is 0 Å². The van der Waals surface area contributed by atoms with Crippen LogP contribution >= 0.6 is 0 Å². The summed E-state index contributed by atoms with van der Waals surface area (Å²) >= 11 is 0. The molecule has 3 heteroatoms. The van der Waals surface area contributed by atoms with Crippen LogP contribution in [-0.2, 0) is 27.0 Å². The van der Waals surface area contributed by atoms with Crippen molar-refractivity contribution in [1.29, 1.82) is 0 Å². The van der Waals surface area contributed by atoms with Crippen molar-refractivity contribution in [2.45, 2.75) is 84.2 Å². The first kappa shape index (κ1) is 24.1. The third-order valence-electron chi connectivity index (χ3n) is 6.78. The zero-order chi connectivity index (χ0) is 23.5. The molecule has 0 radical (unpaired) electrons. The molecule has 0 aliphatic heterocycles. The maximum atomic E-state index is 11.8. The van der Waals surface area contributed by atoms with Crippen LogP contribution in [-0.4, -0.2) is 13.1 Å². The summed E-state index contributed by atoms with van der Waals surface area (Å²) in [6.07, 6.45) is 4.88. The number of methoxy groups -OCH3 is 1. The van der Waals surface area contributed by atoms with Gasteiger partial charge in [-0.15, -0.1) is 0 Å². The molecule has 1 atom stereocenters. The van der Waals surface area contributed by atoms with Crippen LogP contribution in [0.3, 0.4) is 0 Å². The third-order valence-corrected chi connectivity index (χ3v) is 6.78. The van der Waals surface area contributed by atoms with E-state index < -0.39 is 0 Å². The summed E-state index contributed by atoms with van der Waals surface area (Å²) in [5.41, 5.74) is 6.82. The number of hydrogen-bond donors (Lipinski definition) is 0. The summed E-state index contributed by atoms with van der Waals surface area (Å²) in [6, 6.07) is 14.9. The molecule has 0 fully saturated rings. The number of benzene rings is 2. The van der Waals surface area contributed by atoms with Crippen LogP contribution in [0.1, 0.15) is 89.0 Å². The Morgan fingerprint density at radius 2 is 1.59 bits per heavy atom. The van der Waals surface area contributed by atoms with E-state index >= 15 is 0 Å². The number of fused-ring (bicyclic) bond motifs is 1. The number of ether oxygens (including phenoxy) is 2. The number of rotatable bonds is 7. The van der Waals surface area contributed by atoms with Crippen LogP contribution in [0.15, 0.2) is 54.1 Å². The van der Waals surface area contributed by atoms with E-state index in [1.165, 1.54) is 42.2 Å². The Morgan fingerprint density at radius 3 is 2.19 bits per heavy atom. The average Bonchev–Trinajstić information content (AvgIpc) is 2.75. The Kier molecular flexibility index (Phi) is 7.17. The highest BCUT2D eigenvalue weighted by Gasteiger charge is 2.36. The number of hydrogen-bond acceptors (Lipinski definition) is 3. The SMILES string of the molecule is COC(=O)C[C@@H](C=C(C)C)c1ccc(OCc2ccc3c(c2)C(C)(C)CCC3(C)C)cc1. The molecule has 3 nitrogen and oxygen atoms in total. The molecule has 0 aromatic heterocycles. The molecular formula is C29H38O3. The Balaban J connectivity index is 1.73. The number of carbonyl (C=O) groups is 1. The number of allylic oxidation sites excluding steroid dienone is 2. The van der Waals surface area contributed by atoms with E-state index in [2.05, 4.69) is 52.0 Å². The summed E-state index contributed by atoms with van der Waals surface area (Å²) in [5, 5.41) is 0. The maximum Gasteiger partial charge on any atom is 0.306 e. The first-order valence-corrected chi connectivity index (χ1v) is 11.6. The molecule has 0 unspecified atom stereocenters. The van der Waals surface area contributed by atoms with Crippen LogP contribution in [0.4, 0.5) is 0 Å². The largest absolute Gasteiger partial charge is 0.489 e. The highest BCUT2D eigenvalue weighted by atomic mass is 16.5. The van der Waals surface area contributed by atoms with Crippen LogP contribution < -0.4 is 4.74 Å². The van der Waals surface area contributed by atoms with Crippen LogP contribution in [0.25, 0.3) is 0 Å². The molecule has 0 spiro atoms. The molecule has 0 bridgehead atoms. The zero-order valence-electron chi connectivity index (χ0n) is 20.7. The number of carbonyl (C=O) groups excluding carboxylic acids is 1. The van der Waals surface area contributed by atoms with Gasteiger partial charge >= 0.3 is 5.97 Å². The van der Waals surface area contributed by atoms with E-state index in [1.807, 2.05) is 38.1 Å². The lowest BCUT2D eigenvalue weighted by Crippen LogP contribution is -2.33. The van der Waals surface area contributed by atoms with Crippen molar-refractivity contribution in [3.63, 3.8) is 0 Å². The zero-order valence-corrected chi connectivity index (χ0v) is 20.7. The lowest BCUT2D eigenvalue weighted by molar-refractivity contribution is -0.140. The quantitative estimate of drug-likeness (QED) is 0.341. The van der Waals surface area contributed by atoms with Crippen molar-refractivity contribution in [2.24, 2.45) is 0 Å². The van der Waals surface area contributed by atoms with Crippen molar-refractivity contribution < 1.29 is 14.3 Å². The van der Waals surface area contributed by atoms with Gasteiger partial charge in [0.15, 0.2) is 0 Å². The van der Waals surface area contributed by atoms with Crippen molar-refractivity contribution in [2.75, 3.05) is 7.11 Å². The van der Waals surface area contributed by atoms with Crippen molar-refractivity contribution in [1.82, 2.24) is 0 Å². The molecule has 2 aromatic carbocycles. The van der Waals surface area contributed by atoms with Crippen LogP contribution in [0.5, 0.6) is 5.75 Å². The van der Waals surface area contributed by atoms with E-state index in [0.29, 0.717) is 13.0 Å². The Morgan fingerprint density at radius 1 is 0.969 bits per heavy atom. The van der Waals surface area contributed by atoms with Gasteiger partial charge in [0.1, 0.15) is 12.4 Å². The van der Waals surface area contributed by atoms with Gasteiger partial charge in [0, 0.05) is 5.92 Å². The van der Waals surface area contributed by atoms with Gasteiger partial charge in [-0.2, -0.15) is 0 Å². The second kappa shape index (κ2) is 9.52. The minimum atomic E-state index is -0.202.